The van der Waals surface area contributed by atoms with E-state index in [1.54, 1.807) is 4.90 Å². The van der Waals surface area contributed by atoms with Crippen molar-refractivity contribution in [3.05, 3.63) is 11.9 Å². The first kappa shape index (κ1) is 13.5. The molecule has 2 rings (SSSR count). The maximum Gasteiger partial charge on any atom is 0.358 e. The molecule has 1 amide bonds. The molecule has 1 atom stereocenters. The molecule has 0 unspecified atom stereocenters. The number of likely N-dealkylation sites (tertiary alicyclic amines) is 1. The average Bonchev–Trinajstić information content (AvgIpc) is 2.76. The number of nitrogens with two attached hydrogens (primary N) is 1. The smallest absolute Gasteiger partial charge is 0.358 e. The summed E-state index contributed by atoms with van der Waals surface area (Å²) >= 11 is 0. The van der Waals surface area contributed by atoms with E-state index in [4.69, 9.17) is 10.8 Å². The maximum absolute atomic E-state index is 11.9. The molecule has 3 N–H and O–H groups in total. The van der Waals surface area contributed by atoms with Crippen molar-refractivity contribution in [1.29, 1.82) is 0 Å². The highest BCUT2D eigenvalue weighted by molar-refractivity contribution is 5.84. The van der Waals surface area contributed by atoms with Crippen molar-refractivity contribution >= 4 is 11.9 Å². The number of hydrogen-bond donors (Lipinski definition) is 2. The molecule has 0 aromatic carbocycles. The van der Waals surface area contributed by atoms with Gasteiger partial charge in [0.2, 0.25) is 5.91 Å². The molecule has 8 heteroatoms. The SMILES string of the molecule is CCC[C@@H](N)C(=O)N1CC(n2cc(C(=O)O)nn2)C1. The molecule has 1 aromatic rings. The Morgan fingerprint density at radius 3 is 2.79 bits per heavy atom. The molecule has 1 saturated heterocycles. The van der Waals surface area contributed by atoms with Gasteiger partial charge in [0.25, 0.3) is 0 Å². The molecule has 104 valence electrons. The van der Waals surface area contributed by atoms with Crippen molar-refractivity contribution < 1.29 is 14.7 Å². The number of rotatable bonds is 5. The van der Waals surface area contributed by atoms with Crippen LogP contribution in [0.2, 0.25) is 0 Å². The molecule has 0 aliphatic carbocycles. The topological polar surface area (TPSA) is 114 Å². The largest absolute Gasteiger partial charge is 0.476 e. The van der Waals surface area contributed by atoms with Gasteiger partial charge in [0.1, 0.15) is 0 Å². The number of carbonyl (C=O) groups is 2. The number of nitrogens with zero attached hydrogens (tertiary/aromatic N) is 4. The zero-order valence-electron chi connectivity index (χ0n) is 10.7. The lowest BCUT2D eigenvalue weighted by molar-refractivity contribution is -0.138. The molecule has 8 nitrogen and oxygen atoms in total. The molecule has 2 heterocycles. The van der Waals surface area contributed by atoms with Gasteiger partial charge >= 0.3 is 5.97 Å². The Bertz CT molecular complexity index is 480. The van der Waals surface area contributed by atoms with Crippen LogP contribution in [-0.2, 0) is 4.79 Å². The van der Waals surface area contributed by atoms with E-state index in [1.165, 1.54) is 10.9 Å². The highest BCUT2D eigenvalue weighted by Crippen LogP contribution is 2.21. The van der Waals surface area contributed by atoms with Crippen LogP contribution in [0, 0.1) is 0 Å². The minimum absolute atomic E-state index is 0.0154. The fourth-order valence-corrected chi connectivity index (χ4v) is 2.02. The van der Waals surface area contributed by atoms with E-state index in [-0.39, 0.29) is 17.6 Å². The fraction of sp³-hybridized carbons (Fsp3) is 0.636. The Morgan fingerprint density at radius 2 is 2.26 bits per heavy atom. The van der Waals surface area contributed by atoms with Gasteiger partial charge in [-0.1, -0.05) is 18.6 Å². The molecule has 1 aromatic heterocycles. The summed E-state index contributed by atoms with van der Waals surface area (Å²) in [5.41, 5.74) is 5.67. The van der Waals surface area contributed by atoms with Crippen molar-refractivity contribution in [2.24, 2.45) is 5.73 Å². The van der Waals surface area contributed by atoms with Gasteiger partial charge in [0, 0.05) is 13.1 Å². The van der Waals surface area contributed by atoms with Crippen molar-refractivity contribution in [3.8, 4) is 0 Å². The highest BCUT2D eigenvalue weighted by atomic mass is 16.4. The van der Waals surface area contributed by atoms with E-state index in [0.717, 1.165) is 6.42 Å². The first-order chi connectivity index (χ1) is 9.02. The zero-order chi connectivity index (χ0) is 14.0. The summed E-state index contributed by atoms with van der Waals surface area (Å²) in [7, 11) is 0. The standard InChI is InChI=1S/C11H17N5O3/c1-2-3-8(12)10(17)15-4-7(5-15)16-6-9(11(18)19)13-14-16/h6-8H,2-5,12H2,1H3,(H,18,19)/t8-/m1/s1. The van der Waals surface area contributed by atoms with Crippen LogP contribution in [0.15, 0.2) is 6.20 Å². The van der Waals surface area contributed by atoms with E-state index < -0.39 is 12.0 Å². The molecule has 1 fully saturated rings. The Labute approximate surface area is 110 Å². The number of aromatic carboxylic acids is 1. The molecule has 1 aliphatic rings. The summed E-state index contributed by atoms with van der Waals surface area (Å²) in [6, 6.07) is -0.463. The fourth-order valence-electron chi connectivity index (χ4n) is 2.02. The van der Waals surface area contributed by atoms with Crippen molar-refractivity contribution in [2.45, 2.75) is 31.8 Å². The molecule has 0 radical (unpaired) electrons. The summed E-state index contributed by atoms with van der Waals surface area (Å²) in [4.78, 5) is 24.2. The van der Waals surface area contributed by atoms with Crippen LogP contribution >= 0.6 is 0 Å². The molecule has 19 heavy (non-hydrogen) atoms. The van der Waals surface area contributed by atoms with Crippen molar-refractivity contribution in [2.75, 3.05) is 13.1 Å². The summed E-state index contributed by atoms with van der Waals surface area (Å²) in [6.45, 7) is 2.98. The first-order valence-corrected chi connectivity index (χ1v) is 6.22. The Morgan fingerprint density at radius 1 is 1.58 bits per heavy atom. The number of carboxylic acids is 1. The van der Waals surface area contributed by atoms with E-state index in [2.05, 4.69) is 10.3 Å². The number of carboxylic acid groups (broad SMARTS) is 1. The molecule has 0 bridgehead atoms. The van der Waals surface area contributed by atoms with Gasteiger partial charge in [-0.2, -0.15) is 0 Å². The normalized spacial score (nSPS) is 17.1. The lowest BCUT2D eigenvalue weighted by Gasteiger charge is -2.40. The molecule has 0 saturated carbocycles. The third-order valence-corrected chi connectivity index (χ3v) is 3.19. The summed E-state index contributed by atoms with van der Waals surface area (Å²) in [5.74, 6) is -1.17. The maximum atomic E-state index is 11.9. The molecular weight excluding hydrogens is 250 g/mol. The van der Waals surface area contributed by atoms with Crippen LogP contribution in [0.5, 0.6) is 0 Å². The lowest BCUT2D eigenvalue weighted by Crippen LogP contribution is -2.55. The van der Waals surface area contributed by atoms with Crippen molar-refractivity contribution in [1.82, 2.24) is 19.9 Å². The second-order valence-electron chi connectivity index (χ2n) is 4.68. The number of hydrogen-bond acceptors (Lipinski definition) is 5. The number of carbonyl (C=O) groups excluding carboxylic acids is 1. The second kappa shape index (κ2) is 5.35. The van der Waals surface area contributed by atoms with E-state index >= 15 is 0 Å². The van der Waals surface area contributed by atoms with Gasteiger partial charge in [0.15, 0.2) is 5.69 Å². The van der Waals surface area contributed by atoms with Crippen LogP contribution in [0.1, 0.15) is 36.3 Å². The predicted octanol–water partition coefficient (Wildman–Crippen LogP) is -0.513. The van der Waals surface area contributed by atoms with Gasteiger partial charge in [-0.15, -0.1) is 5.10 Å². The Kier molecular flexibility index (Phi) is 3.79. The molecular formula is C11H17N5O3. The highest BCUT2D eigenvalue weighted by Gasteiger charge is 2.34. The summed E-state index contributed by atoms with van der Waals surface area (Å²) < 4.78 is 1.48. The predicted molar refractivity (Wildman–Crippen MR) is 65.5 cm³/mol. The Hall–Kier alpha value is -1.96. The van der Waals surface area contributed by atoms with E-state index in [9.17, 15) is 9.59 Å². The summed E-state index contributed by atoms with van der Waals surface area (Å²) in [6.07, 6.45) is 2.92. The van der Waals surface area contributed by atoms with Gasteiger partial charge in [0.05, 0.1) is 18.3 Å². The second-order valence-corrected chi connectivity index (χ2v) is 4.68. The van der Waals surface area contributed by atoms with Crippen molar-refractivity contribution in [3.63, 3.8) is 0 Å². The van der Waals surface area contributed by atoms with Gasteiger partial charge in [-0.25, -0.2) is 9.48 Å². The minimum atomic E-state index is -1.11. The summed E-state index contributed by atoms with van der Waals surface area (Å²) in [5, 5.41) is 16.0. The quantitative estimate of drug-likeness (QED) is 0.742. The third-order valence-electron chi connectivity index (χ3n) is 3.19. The van der Waals surface area contributed by atoms with Gasteiger partial charge in [-0.05, 0) is 6.42 Å². The lowest BCUT2D eigenvalue weighted by atomic mass is 10.1. The zero-order valence-corrected chi connectivity index (χ0v) is 10.7. The van der Waals surface area contributed by atoms with Crippen LogP contribution in [0.4, 0.5) is 0 Å². The Balaban J connectivity index is 1.88. The minimum Gasteiger partial charge on any atom is -0.476 e. The van der Waals surface area contributed by atoms with Crippen LogP contribution < -0.4 is 5.73 Å². The van der Waals surface area contributed by atoms with E-state index in [1.807, 2.05) is 6.92 Å². The first-order valence-electron chi connectivity index (χ1n) is 6.22. The molecule has 0 spiro atoms. The van der Waals surface area contributed by atoms with Crippen LogP contribution in [0.3, 0.4) is 0 Å². The van der Waals surface area contributed by atoms with E-state index in [0.29, 0.717) is 19.5 Å². The number of amides is 1. The third kappa shape index (κ3) is 2.73. The van der Waals surface area contributed by atoms with Gasteiger partial charge < -0.3 is 15.7 Å². The van der Waals surface area contributed by atoms with Crippen LogP contribution in [0.25, 0.3) is 0 Å². The van der Waals surface area contributed by atoms with Gasteiger partial charge in [-0.3, -0.25) is 4.79 Å². The monoisotopic (exact) mass is 267 g/mol. The number of aromatic nitrogens is 3. The molecule has 1 aliphatic heterocycles. The van der Waals surface area contributed by atoms with Crippen LogP contribution in [-0.4, -0.2) is 56.0 Å². The average molecular weight is 267 g/mol.